The zero-order valence-electron chi connectivity index (χ0n) is 14.3. The maximum atomic E-state index is 2.53. The first-order valence-electron chi connectivity index (χ1n) is 9.04. The first-order valence-corrected chi connectivity index (χ1v) is 9.04. The molecule has 0 amide bonds. The van der Waals surface area contributed by atoms with Crippen molar-refractivity contribution in [3.63, 3.8) is 0 Å². The van der Waals surface area contributed by atoms with Crippen LogP contribution in [0.4, 0.5) is 0 Å². The largest absolute Gasteiger partial charge is 0.0651 e. The summed E-state index contributed by atoms with van der Waals surface area (Å²) in [6.07, 6.45) is 8.55. The summed E-state index contributed by atoms with van der Waals surface area (Å²) >= 11 is 0. The molecule has 0 atom stereocenters. The van der Waals surface area contributed by atoms with Crippen molar-refractivity contribution in [2.45, 2.75) is 65.7 Å². The van der Waals surface area contributed by atoms with Crippen molar-refractivity contribution in [3.8, 4) is 11.1 Å². The molecule has 1 aliphatic carbocycles. The Bertz CT molecular complexity index is 664. The number of aryl methyl sites for hydroxylation is 1. The molecule has 2 aromatic rings. The summed E-state index contributed by atoms with van der Waals surface area (Å²) in [6, 6.07) is 11.6. The van der Waals surface area contributed by atoms with E-state index in [1.165, 1.54) is 49.7 Å². The lowest BCUT2D eigenvalue weighted by Gasteiger charge is -2.19. The minimum Gasteiger partial charge on any atom is -0.0651 e. The lowest BCUT2D eigenvalue weighted by atomic mass is 9.85. The molecule has 3 rings (SSSR count). The van der Waals surface area contributed by atoms with E-state index in [1.54, 1.807) is 27.8 Å². The molecule has 0 radical (unpaired) electrons. The second kappa shape index (κ2) is 6.69. The summed E-state index contributed by atoms with van der Waals surface area (Å²) in [4.78, 5) is 0. The molecule has 0 fully saturated rings. The molecule has 0 bridgehead atoms. The van der Waals surface area contributed by atoms with E-state index in [1.807, 2.05) is 0 Å². The van der Waals surface area contributed by atoms with Crippen LogP contribution < -0.4 is 0 Å². The number of hydrogen-bond acceptors (Lipinski definition) is 0. The van der Waals surface area contributed by atoms with Crippen molar-refractivity contribution in [3.05, 3.63) is 58.1 Å². The van der Waals surface area contributed by atoms with Crippen LogP contribution in [0.15, 0.2) is 30.3 Å². The van der Waals surface area contributed by atoms with Gasteiger partial charge in [0.1, 0.15) is 0 Å². The summed E-state index contributed by atoms with van der Waals surface area (Å²) in [5, 5.41) is 0. The smallest absolute Gasteiger partial charge is 0.00132 e. The molecule has 1 aliphatic rings. The fourth-order valence-electron chi connectivity index (χ4n) is 4.09. The van der Waals surface area contributed by atoms with Gasteiger partial charge in [0.25, 0.3) is 0 Å². The lowest BCUT2D eigenvalue weighted by molar-refractivity contribution is 0.825. The summed E-state index contributed by atoms with van der Waals surface area (Å²) in [5.74, 6) is 0. The Morgan fingerprint density at radius 1 is 0.773 bits per heavy atom. The van der Waals surface area contributed by atoms with Gasteiger partial charge in [-0.1, -0.05) is 70.4 Å². The third-order valence-electron chi connectivity index (χ3n) is 4.91. The van der Waals surface area contributed by atoms with Gasteiger partial charge in [-0.15, -0.1) is 0 Å². The molecule has 116 valence electrons. The molecule has 0 aromatic heterocycles. The number of rotatable bonds is 6. The molecule has 0 aliphatic heterocycles. The van der Waals surface area contributed by atoms with Gasteiger partial charge in [0.2, 0.25) is 0 Å². The van der Waals surface area contributed by atoms with Crippen LogP contribution in [0.2, 0.25) is 0 Å². The van der Waals surface area contributed by atoms with Crippen LogP contribution in [-0.2, 0) is 25.7 Å². The Balaban J connectivity index is 2.22. The van der Waals surface area contributed by atoms with Gasteiger partial charge >= 0.3 is 0 Å². The molecule has 0 nitrogen and oxygen atoms in total. The van der Waals surface area contributed by atoms with E-state index in [0.717, 1.165) is 6.42 Å². The second-order valence-corrected chi connectivity index (χ2v) is 6.61. The van der Waals surface area contributed by atoms with Gasteiger partial charge in [0, 0.05) is 0 Å². The van der Waals surface area contributed by atoms with Gasteiger partial charge in [0.05, 0.1) is 0 Å². The number of hydrogen-bond donors (Lipinski definition) is 0. The molecule has 0 saturated carbocycles. The zero-order valence-corrected chi connectivity index (χ0v) is 14.3. The molecule has 0 unspecified atom stereocenters. The lowest BCUT2D eigenvalue weighted by Crippen LogP contribution is -2.04. The fraction of sp³-hybridized carbons (Fsp3) is 0.455. The van der Waals surface area contributed by atoms with Gasteiger partial charge in [-0.05, 0) is 64.6 Å². The Hall–Kier alpha value is -1.56. The van der Waals surface area contributed by atoms with Gasteiger partial charge in [0.15, 0.2) is 0 Å². The van der Waals surface area contributed by atoms with Crippen LogP contribution in [0.5, 0.6) is 0 Å². The molecule has 0 heterocycles. The SMILES string of the molecule is CCCc1cc2c(c(CCC)c1CCC)-c1ccccc1C2. The molecule has 22 heavy (non-hydrogen) atoms. The highest BCUT2D eigenvalue weighted by atomic mass is 14.3. The van der Waals surface area contributed by atoms with Gasteiger partial charge in [-0.3, -0.25) is 0 Å². The molecule has 0 heteroatoms. The summed E-state index contributed by atoms with van der Waals surface area (Å²) in [5.41, 5.74) is 11.1. The average molecular weight is 292 g/mol. The van der Waals surface area contributed by atoms with Crippen LogP contribution >= 0.6 is 0 Å². The first kappa shape index (κ1) is 15.3. The van der Waals surface area contributed by atoms with E-state index >= 15 is 0 Å². The highest BCUT2D eigenvalue weighted by Gasteiger charge is 2.24. The van der Waals surface area contributed by atoms with E-state index in [0.29, 0.717) is 0 Å². The standard InChI is InChI=1S/C22H28/c1-4-9-16-14-18-15-17-12-7-8-13-20(17)22(18)21(11-6-3)19(16)10-5-2/h7-8,12-14H,4-6,9-11,15H2,1-3H3. The van der Waals surface area contributed by atoms with Crippen LogP contribution in [-0.4, -0.2) is 0 Å². The highest BCUT2D eigenvalue weighted by molar-refractivity contribution is 5.81. The van der Waals surface area contributed by atoms with Crippen molar-refractivity contribution in [1.82, 2.24) is 0 Å². The quantitative estimate of drug-likeness (QED) is 0.514. The van der Waals surface area contributed by atoms with Gasteiger partial charge in [-0.2, -0.15) is 0 Å². The van der Waals surface area contributed by atoms with Gasteiger partial charge < -0.3 is 0 Å². The summed E-state index contributed by atoms with van der Waals surface area (Å²) < 4.78 is 0. The molecule has 2 aromatic carbocycles. The monoisotopic (exact) mass is 292 g/mol. The Morgan fingerprint density at radius 3 is 2.18 bits per heavy atom. The Kier molecular flexibility index (Phi) is 4.66. The van der Waals surface area contributed by atoms with E-state index in [9.17, 15) is 0 Å². The van der Waals surface area contributed by atoms with Crippen LogP contribution in [0.1, 0.15) is 67.9 Å². The van der Waals surface area contributed by atoms with Gasteiger partial charge in [-0.25, -0.2) is 0 Å². The minimum atomic E-state index is 1.13. The van der Waals surface area contributed by atoms with Crippen molar-refractivity contribution < 1.29 is 0 Å². The van der Waals surface area contributed by atoms with Crippen LogP contribution in [0, 0.1) is 0 Å². The van der Waals surface area contributed by atoms with E-state index in [2.05, 4.69) is 51.1 Å². The fourth-order valence-corrected chi connectivity index (χ4v) is 4.09. The van der Waals surface area contributed by atoms with Crippen molar-refractivity contribution in [2.24, 2.45) is 0 Å². The first-order chi connectivity index (χ1) is 10.8. The van der Waals surface area contributed by atoms with E-state index in [4.69, 9.17) is 0 Å². The number of fused-ring (bicyclic) bond motifs is 3. The molecule has 0 N–H and O–H groups in total. The summed E-state index contributed by atoms with van der Waals surface area (Å²) in [6.45, 7) is 6.93. The Morgan fingerprint density at radius 2 is 1.45 bits per heavy atom. The zero-order chi connectivity index (χ0) is 15.5. The number of benzene rings is 2. The summed E-state index contributed by atoms with van der Waals surface area (Å²) in [7, 11) is 0. The highest BCUT2D eigenvalue weighted by Crippen LogP contribution is 2.42. The minimum absolute atomic E-state index is 1.13. The van der Waals surface area contributed by atoms with Crippen LogP contribution in [0.3, 0.4) is 0 Å². The van der Waals surface area contributed by atoms with E-state index < -0.39 is 0 Å². The molecular formula is C22H28. The maximum Gasteiger partial charge on any atom is -0.00132 e. The third-order valence-corrected chi connectivity index (χ3v) is 4.91. The van der Waals surface area contributed by atoms with Crippen molar-refractivity contribution >= 4 is 0 Å². The normalized spacial score (nSPS) is 12.3. The van der Waals surface area contributed by atoms with E-state index in [-0.39, 0.29) is 0 Å². The topological polar surface area (TPSA) is 0 Å². The predicted molar refractivity (Wildman–Crippen MR) is 96.7 cm³/mol. The van der Waals surface area contributed by atoms with Crippen molar-refractivity contribution in [1.29, 1.82) is 0 Å². The predicted octanol–water partition coefficient (Wildman–Crippen LogP) is 6.12. The molecule has 0 spiro atoms. The molecule has 0 saturated heterocycles. The van der Waals surface area contributed by atoms with Crippen LogP contribution in [0.25, 0.3) is 11.1 Å². The molecular weight excluding hydrogens is 264 g/mol. The second-order valence-electron chi connectivity index (χ2n) is 6.61. The third kappa shape index (κ3) is 2.60. The Labute approximate surface area is 135 Å². The average Bonchev–Trinajstić information content (AvgIpc) is 2.89. The maximum absolute atomic E-state index is 2.53. The van der Waals surface area contributed by atoms with Crippen molar-refractivity contribution in [2.75, 3.05) is 0 Å².